The molecule has 2 aromatic carbocycles. The molecule has 0 amide bonds. The molecule has 5 heteroatoms. The van der Waals surface area contributed by atoms with E-state index in [4.69, 9.17) is 26.3 Å². The maximum Gasteiger partial charge on any atom is 0.342 e. The van der Waals surface area contributed by atoms with Crippen molar-refractivity contribution in [2.45, 2.75) is 6.61 Å². The van der Waals surface area contributed by atoms with E-state index in [0.29, 0.717) is 16.3 Å². The second-order valence-electron chi connectivity index (χ2n) is 4.23. The number of carbonyl (C=O) groups is 1. The van der Waals surface area contributed by atoms with Gasteiger partial charge in [-0.25, -0.2) is 4.79 Å². The number of methoxy groups -OCH3 is 1. The number of esters is 1. The molecule has 0 aliphatic rings. The third-order valence-corrected chi connectivity index (χ3v) is 3.04. The molecule has 4 nitrogen and oxygen atoms in total. The SMILES string of the molecule is COc1ccc(Cl)cc1C(=O)OCc1cccc(C#N)c1. The highest BCUT2D eigenvalue weighted by atomic mass is 35.5. The molecule has 0 aliphatic heterocycles. The summed E-state index contributed by atoms with van der Waals surface area (Å²) in [4.78, 5) is 12.1. The van der Waals surface area contributed by atoms with Gasteiger partial charge in [-0.2, -0.15) is 5.26 Å². The molecule has 0 unspecified atom stereocenters. The Morgan fingerprint density at radius 2 is 2.10 bits per heavy atom. The van der Waals surface area contributed by atoms with Crippen molar-refractivity contribution in [1.82, 2.24) is 0 Å². The van der Waals surface area contributed by atoms with Crippen LogP contribution in [-0.2, 0) is 11.3 Å². The Bertz CT molecular complexity index is 707. The zero-order chi connectivity index (χ0) is 15.2. The summed E-state index contributed by atoms with van der Waals surface area (Å²) in [7, 11) is 1.47. The fourth-order valence-electron chi connectivity index (χ4n) is 1.80. The third-order valence-electron chi connectivity index (χ3n) is 2.81. The van der Waals surface area contributed by atoms with Crippen LogP contribution in [0.4, 0.5) is 0 Å². The molecule has 0 spiro atoms. The molecular formula is C16H12ClNO3. The molecule has 0 bridgehead atoms. The van der Waals surface area contributed by atoms with E-state index in [1.807, 2.05) is 6.07 Å². The van der Waals surface area contributed by atoms with Crippen molar-refractivity contribution in [1.29, 1.82) is 5.26 Å². The van der Waals surface area contributed by atoms with Gasteiger partial charge in [0.25, 0.3) is 0 Å². The minimum Gasteiger partial charge on any atom is -0.496 e. The number of rotatable bonds is 4. The standard InChI is InChI=1S/C16H12ClNO3/c1-20-15-6-5-13(17)8-14(15)16(19)21-10-12-4-2-3-11(7-12)9-18/h2-8H,10H2,1H3. The Balaban J connectivity index is 2.11. The van der Waals surface area contributed by atoms with E-state index < -0.39 is 5.97 Å². The van der Waals surface area contributed by atoms with Crippen LogP contribution in [0.15, 0.2) is 42.5 Å². The first-order chi connectivity index (χ1) is 10.1. The normalized spacial score (nSPS) is 9.76. The van der Waals surface area contributed by atoms with Crippen molar-refractivity contribution >= 4 is 17.6 Å². The van der Waals surface area contributed by atoms with Crippen LogP contribution >= 0.6 is 11.6 Å². The molecule has 0 radical (unpaired) electrons. The van der Waals surface area contributed by atoms with E-state index in [1.54, 1.807) is 36.4 Å². The maximum atomic E-state index is 12.1. The van der Waals surface area contributed by atoms with Crippen LogP contribution in [0.3, 0.4) is 0 Å². The lowest BCUT2D eigenvalue weighted by Crippen LogP contribution is -2.07. The highest BCUT2D eigenvalue weighted by molar-refractivity contribution is 6.31. The predicted octanol–water partition coefficient (Wildman–Crippen LogP) is 3.58. The quantitative estimate of drug-likeness (QED) is 0.810. The molecular weight excluding hydrogens is 290 g/mol. The van der Waals surface area contributed by atoms with Gasteiger partial charge in [-0.3, -0.25) is 0 Å². The second-order valence-corrected chi connectivity index (χ2v) is 4.67. The van der Waals surface area contributed by atoms with E-state index >= 15 is 0 Å². The van der Waals surface area contributed by atoms with Gasteiger partial charge in [-0.05, 0) is 35.9 Å². The van der Waals surface area contributed by atoms with Gasteiger partial charge in [0, 0.05) is 5.02 Å². The minimum atomic E-state index is -0.531. The Morgan fingerprint density at radius 1 is 1.29 bits per heavy atom. The summed E-state index contributed by atoms with van der Waals surface area (Å²) in [5.74, 6) is -0.133. The summed E-state index contributed by atoms with van der Waals surface area (Å²) in [5, 5.41) is 9.25. The molecule has 106 valence electrons. The number of benzene rings is 2. The summed E-state index contributed by atoms with van der Waals surface area (Å²) < 4.78 is 10.3. The minimum absolute atomic E-state index is 0.0734. The van der Waals surface area contributed by atoms with Crippen molar-refractivity contribution in [3.8, 4) is 11.8 Å². The molecule has 21 heavy (non-hydrogen) atoms. The summed E-state index contributed by atoms with van der Waals surface area (Å²) in [6, 6.07) is 13.6. The lowest BCUT2D eigenvalue weighted by molar-refractivity contribution is 0.0469. The molecule has 0 saturated carbocycles. The number of carbonyl (C=O) groups excluding carboxylic acids is 1. The molecule has 0 atom stereocenters. The van der Waals surface area contributed by atoms with Crippen LogP contribution in [-0.4, -0.2) is 13.1 Å². The first-order valence-electron chi connectivity index (χ1n) is 6.13. The molecule has 0 fully saturated rings. The molecule has 0 aromatic heterocycles. The van der Waals surface area contributed by atoms with Crippen LogP contribution in [0.25, 0.3) is 0 Å². The number of nitriles is 1. The van der Waals surface area contributed by atoms with Crippen LogP contribution in [0.5, 0.6) is 5.75 Å². The Kier molecular flexibility index (Phi) is 4.81. The van der Waals surface area contributed by atoms with E-state index in [1.165, 1.54) is 13.2 Å². The molecule has 2 aromatic rings. The van der Waals surface area contributed by atoms with Crippen molar-refractivity contribution in [3.63, 3.8) is 0 Å². The molecule has 0 saturated heterocycles. The first kappa shape index (κ1) is 14.9. The van der Waals surface area contributed by atoms with Crippen LogP contribution in [0.2, 0.25) is 5.02 Å². The van der Waals surface area contributed by atoms with Gasteiger partial charge in [0.1, 0.15) is 17.9 Å². The van der Waals surface area contributed by atoms with Crippen molar-refractivity contribution < 1.29 is 14.3 Å². The summed E-state index contributed by atoms with van der Waals surface area (Å²) in [5.41, 5.74) is 1.52. The van der Waals surface area contributed by atoms with Gasteiger partial charge >= 0.3 is 5.97 Å². The fraction of sp³-hybridized carbons (Fsp3) is 0.125. The maximum absolute atomic E-state index is 12.1. The van der Waals surface area contributed by atoms with E-state index in [-0.39, 0.29) is 12.2 Å². The topological polar surface area (TPSA) is 59.3 Å². The molecule has 0 N–H and O–H groups in total. The zero-order valence-electron chi connectivity index (χ0n) is 11.3. The Morgan fingerprint density at radius 3 is 2.81 bits per heavy atom. The average molecular weight is 302 g/mol. The predicted molar refractivity (Wildman–Crippen MR) is 78.3 cm³/mol. The number of halogens is 1. The lowest BCUT2D eigenvalue weighted by Gasteiger charge is -2.09. The van der Waals surface area contributed by atoms with Gasteiger partial charge in [0.05, 0.1) is 18.7 Å². The number of hydrogen-bond donors (Lipinski definition) is 0. The Hall–Kier alpha value is -2.51. The summed E-state index contributed by atoms with van der Waals surface area (Å²) in [6.07, 6.45) is 0. The van der Waals surface area contributed by atoms with Crippen LogP contribution in [0.1, 0.15) is 21.5 Å². The summed E-state index contributed by atoms with van der Waals surface area (Å²) in [6.45, 7) is 0.0734. The van der Waals surface area contributed by atoms with Gasteiger partial charge in [0.2, 0.25) is 0 Å². The number of nitrogens with zero attached hydrogens (tertiary/aromatic N) is 1. The average Bonchev–Trinajstić information content (AvgIpc) is 2.52. The van der Waals surface area contributed by atoms with Crippen molar-refractivity contribution in [3.05, 3.63) is 64.2 Å². The van der Waals surface area contributed by atoms with Gasteiger partial charge in [-0.15, -0.1) is 0 Å². The highest BCUT2D eigenvalue weighted by Crippen LogP contribution is 2.23. The number of hydrogen-bond acceptors (Lipinski definition) is 4. The molecule has 2 rings (SSSR count). The van der Waals surface area contributed by atoms with Gasteiger partial charge in [-0.1, -0.05) is 23.7 Å². The molecule has 0 heterocycles. The van der Waals surface area contributed by atoms with E-state index in [9.17, 15) is 4.79 Å². The highest BCUT2D eigenvalue weighted by Gasteiger charge is 2.14. The van der Waals surface area contributed by atoms with Crippen molar-refractivity contribution in [2.75, 3.05) is 7.11 Å². The monoisotopic (exact) mass is 301 g/mol. The van der Waals surface area contributed by atoms with Crippen LogP contribution < -0.4 is 4.74 Å². The third kappa shape index (κ3) is 3.74. The van der Waals surface area contributed by atoms with E-state index in [2.05, 4.69) is 0 Å². The lowest BCUT2D eigenvalue weighted by atomic mass is 10.1. The van der Waals surface area contributed by atoms with Gasteiger partial charge in [0.15, 0.2) is 0 Å². The Labute approximate surface area is 127 Å². The molecule has 0 aliphatic carbocycles. The van der Waals surface area contributed by atoms with Crippen LogP contribution in [0, 0.1) is 11.3 Å². The first-order valence-corrected chi connectivity index (χ1v) is 6.51. The summed E-state index contributed by atoms with van der Waals surface area (Å²) >= 11 is 5.88. The fourth-order valence-corrected chi connectivity index (χ4v) is 1.97. The second kappa shape index (κ2) is 6.78. The zero-order valence-corrected chi connectivity index (χ0v) is 12.1. The largest absolute Gasteiger partial charge is 0.496 e. The van der Waals surface area contributed by atoms with E-state index in [0.717, 1.165) is 5.56 Å². The number of ether oxygens (including phenoxy) is 2. The van der Waals surface area contributed by atoms with Gasteiger partial charge < -0.3 is 9.47 Å². The van der Waals surface area contributed by atoms with Crippen molar-refractivity contribution in [2.24, 2.45) is 0 Å². The smallest absolute Gasteiger partial charge is 0.342 e.